The first-order chi connectivity index (χ1) is 8.04. The van der Waals surface area contributed by atoms with Gasteiger partial charge in [0.05, 0.1) is 11.5 Å². The largest absolute Gasteiger partial charge is 0.394 e. The first kappa shape index (κ1) is 11.9. The van der Waals surface area contributed by atoms with E-state index in [1.807, 2.05) is 0 Å². The van der Waals surface area contributed by atoms with Crippen molar-refractivity contribution in [2.75, 3.05) is 6.61 Å². The van der Waals surface area contributed by atoms with E-state index < -0.39 is 36.1 Å². The highest BCUT2D eigenvalue weighted by Crippen LogP contribution is 2.29. The van der Waals surface area contributed by atoms with Crippen molar-refractivity contribution in [3.05, 3.63) is 22.5 Å². The van der Waals surface area contributed by atoms with E-state index in [0.29, 0.717) is 0 Å². The molecule has 0 spiro atoms. The Morgan fingerprint density at radius 1 is 1.53 bits per heavy atom. The number of hydrogen-bond acceptors (Lipinski definition) is 7. The standard InChI is InChI=1S/C8H11N3O6/c12-3-5-6(13)7(14)8(17-5)10-2-4(1-9-10)11(15)16/h1-2,5-8,12-14H,3H2/t5-,6+,7-,8-/m1/s1. The quantitative estimate of drug-likeness (QED) is 0.431. The van der Waals surface area contributed by atoms with Crippen LogP contribution >= 0.6 is 0 Å². The van der Waals surface area contributed by atoms with Crippen molar-refractivity contribution in [3.63, 3.8) is 0 Å². The molecular formula is C8H11N3O6. The maximum absolute atomic E-state index is 10.5. The number of aromatic nitrogens is 2. The van der Waals surface area contributed by atoms with Crippen LogP contribution in [0.3, 0.4) is 0 Å². The Bertz CT molecular complexity index is 421. The lowest BCUT2D eigenvalue weighted by Gasteiger charge is -2.14. The van der Waals surface area contributed by atoms with Crippen molar-refractivity contribution in [2.45, 2.75) is 24.5 Å². The van der Waals surface area contributed by atoms with Crippen molar-refractivity contribution >= 4 is 5.69 Å². The normalized spacial score (nSPS) is 32.9. The lowest BCUT2D eigenvalue weighted by atomic mass is 10.1. The average Bonchev–Trinajstić information content (AvgIpc) is 2.87. The fourth-order valence-electron chi connectivity index (χ4n) is 1.66. The lowest BCUT2D eigenvalue weighted by molar-refractivity contribution is -0.385. The Labute approximate surface area is 95.0 Å². The molecule has 9 heteroatoms. The summed E-state index contributed by atoms with van der Waals surface area (Å²) in [5.74, 6) is 0. The molecule has 0 bridgehead atoms. The molecule has 9 nitrogen and oxygen atoms in total. The smallest absolute Gasteiger partial charge is 0.307 e. The summed E-state index contributed by atoms with van der Waals surface area (Å²) in [6.07, 6.45) is -2.44. The number of nitro groups is 1. The van der Waals surface area contributed by atoms with Gasteiger partial charge in [-0.3, -0.25) is 10.1 Å². The molecule has 1 aromatic rings. The predicted octanol–water partition coefficient (Wildman–Crippen LogP) is -1.60. The van der Waals surface area contributed by atoms with Crippen LogP contribution < -0.4 is 0 Å². The molecule has 4 atom stereocenters. The summed E-state index contributed by atoms with van der Waals surface area (Å²) in [4.78, 5) is 9.82. The van der Waals surface area contributed by atoms with Crippen LogP contribution in [-0.4, -0.2) is 54.9 Å². The molecule has 1 fully saturated rings. The Hall–Kier alpha value is -1.55. The van der Waals surface area contributed by atoms with Gasteiger partial charge in [-0.05, 0) is 0 Å². The van der Waals surface area contributed by atoms with Gasteiger partial charge in [-0.2, -0.15) is 5.10 Å². The van der Waals surface area contributed by atoms with E-state index in [1.54, 1.807) is 0 Å². The molecule has 17 heavy (non-hydrogen) atoms. The molecule has 1 aliphatic rings. The predicted molar refractivity (Wildman–Crippen MR) is 51.9 cm³/mol. The fourth-order valence-corrected chi connectivity index (χ4v) is 1.66. The summed E-state index contributed by atoms with van der Waals surface area (Å²) in [6, 6.07) is 0. The van der Waals surface area contributed by atoms with Gasteiger partial charge in [0, 0.05) is 0 Å². The minimum atomic E-state index is -1.30. The first-order valence-electron chi connectivity index (χ1n) is 4.85. The van der Waals surface area contributed by atoms with Gasteiger partial charge in [-0.25, -0.2) is 4.68 Å². The second kappa shape index (κ2) is 4.37. The maximum Gasteiger partial charge on any atom is 0.307 e. The molecule has 2 heterocycles. The molecule has 0 saturated carbocycles. The number of rotatable bonds is 3. The van der Waals surface area contributed by atoms with Crippen molar-refractivity contribution in [3.8, 4) is 0 Å². The summed E-state index contributed by atoms with van der Waals surface area (Å²) < 4.78 is 6.19. The van der Waals surface area contributed by atoms with Crippen molar-refractivity contribution < 1.29 is 25.0 Å². The highest BCUT2D eigenvalue weighted by atomic mass is 16.6. The topological polar surface area (TPSA) is 131 Å². The van der Waals surface area contributed by atoms with E-state index in [2.05, 4.69) is 5.10 Å². The van der Waals surface area contributed by atoms with Crippen LogP contribution in [0.1, 0.15) is 6.23 Å². The maximum atomic E-state index is 10.5. The summed E-state index contributed by atoms with van der Waals surface area (Å²) in [5.41, 5.74) is -0.247. The van der Waals surface area contributed by atoms with Crippen molar-refractivity contribution in [2.24, 2.45) is 0 Å². The zero-order valence-electron chi connectivity index (χ0n) is 8.58. The average molecular weight is 245 g/mol. The lowest BCUT2D eigenvalue weighted by Crippen LogP contribution is -2.33. The van der Waals surface area contributed by atoms with Gasteiger partial charge in [0.25, 0.3) is 0 Å². The molecule has 1 aliphatic heterocycles. The van der Waals surface area contributed by atoms with E-state index in [9.17, 15) is 20.3 Å². The molecule has 0 unspecified atom stereocenters. The minimum Gasteiger partial charge on any atom is -0.394 e. The third kappa shape index (κ3) is 2.00. The van der Waals surface area contributed by atoms with E-state index >= 15 is 0 Å². The van der Waals surface area contributed by atoms with Gasteiger partial charge >= 0.3 is 5.69 Å². The summed E-state index contributed by atoms with van der Waals surface area (Å²) in [6.45, 7) is -0.460. The molecule has 2 rings (SSSR count). The van der Waals surface area contributed by atoms with Crippen LogP contribution in [0, 0.1) is 10.1 Å². The second-order valence-corrected chi connectivity index (χ2v) is 3.66. The molecule has 3 N–H and O–H groups in total. The van der Waals surface area contributed by atoms with Gasteiger partial charge in [-0.1, -0.05) is 0 Å². The number of ether oxygens (including phenoxy) is 1. The molecule has 0 aromatic carbocycles. The molecule has 1 saturated heterocycles. The molecule has 1 aromatic heterocycles. The highest BCUT2D eigenvalue weighted by molar-refractivity contribution is 5.21. The molecule has 0 amide bonds. The van der Waals surface area contributed by atoms with Crippen LogP contribution in [0.15, 0.2) is 12.4 Å². The van der Waals surface area contributed by atoms with Crippen molar-refractivity contribution in [1.82, 2.24) is 9.78 Å². The molecule has 94 valence electrons. The van der Waals surface area contributed by atoms with Crippen LogP contribution in [0.25, 0.3) is 0 Å². The Morgan fingerprint density at radius 3 is 2.71 bits per heavy atom. The van der Waals surface area contributed by atoms with Crippen LogP contribution in [0.2, 0.25) is 0 Å². The third-order valence-electron chi connectivity index (χ3n) is 2.58. The van der Waals surface area contributed by atoms with E-state index in [-0.39, 0.29) is 5.69 Å². The second-order valence-electron chi connectivity index (χ2n) is 3.66. The zero-order chi connectivity index (χ0) is 12.6. The molecule has 0 radical (unpaired) electrons. The zero-order valence-corrected chi connectivity index (χ0v) is 8.58. The van der Waals surface area contributed by atoms with Crippen LogP contribution in [0.4, 0.5) is 5.69 Å². The third-order valence-corrected chi connectivity index (χ3v) is 2.58. The summed E-state index contributed by atoms with van der Waals surface area (Å²) in [7, 11) is 0. The number of aliphatic hydroxyl groups is 3. The Balaban J connectivity index is 2.19. The van der Waals surface area contributed by atoms with Gasteiger partial charge in [-0.15, -0.1) is 0 Å². The van der Waals surface area contributed by atoms with Crippen LogP contribution in [0.5, 0.6) is 0 Å². The van der Waals surface area contributed by atoms with Crippen molar-refractivity contribution in [1.29, 1.82) is 0 Å². The summed E-state index contributed by atoms with van der Waals surface area (Å²) >= 11 is 0. The number of nitrogens with zero attached hydrogens (tertiary/aromatic N) is 3. The Kier molecular flexibility index (Phi) is 3.07. The Morgan fingerprint density at radius 2 is 2.24 bits per heavy atom. The van der Waals surface area contributed by atoms with Gasteiger partial charge < -0.3 is 20.1 Å². The van der Waals surface area contributed by atoms with E-state index in [0.717, 1.165) is 17.1 Å². The molecular weight excluding hydrogens is 234 g/mol. The number of hydrogen-bond donors (Lipinski definition) is 3. The van der Waals surface area contributed by atoms with Gasteiger partial charge in [0.2, 0.25) is 0 Å². The number of aliphatic hydroxyl groups excluding tert-OH is 3. The highest BCUT2D eigenvalue weighted by Gasteiger charge is 2.44. The first-order valence-corrected chi connectivity index (χ1v) is 4.85. The minimum absolute atomic E-state index is 0.247. The monoisotopic (exact) mass is 245 g/mol. The summed E-state index contributed by atoms with van der Waals surface area (Å²) in [5, 5.41) is 42.1. The van der Waals surface area contributed by atoms with Gasteiger partial charge in [0.15, 0.2) is 6.23 Å². The molecule has 0 aliphatic carbocycles. The van der Waals surface area contributed by atoms with Gasteiger partial charge in [0.1, 0.15) is 30.7 Å². The fraction of sp³-hybridized carbons (Fsp3) is 0.625. The van der Waals surface area contributed by atoms with E-state index in [4.69, 9.17) is 9.84 Å². The van der Waals surface area contributed by atoms with Crippen LogP contribution in [-0.2, 0) is 4.74 Å². The van der Waals surface area contributed by atoms with E-state index in [1.165, 1.54) is 0 Å². The SMILES string of the molecule is O=[N+]([O-])c1cnn([C@@H]2O[C@H](CO)[C@H](O)[C@H]2O)c1.